The van der Waals surface area contributed by atoms with Crippen LogP contribution in [0.2, 0.25) is 0 Å². The average Bonchev–Trinajstić information content (AvgIpc) is 3.07. The SMILES string of the molecule is N#CCCN1C2CCC1CC(Nc1nc(Nc3ccc(NC=O)nn3)cc3ncccc13)C2. The van der Waals surface area contributed by atoms with Crippen LogP contribution in [-0.4, -0.2) is 56.1 Å². The predicted octanol–water partition coefficient (Wildman–Crippen LogP) is 3.05. The van der Waals surface area contributed by atoms with E-state index in [9.17, 15) is 4.79 Å². The molecule has 0 saturated carbocycles. The summed E-state index contributed by atoms with van der Waals surface area (Å²) in [6.07, 6.45) is 7.39. The number of rotatable bonds is 8. The molecule has 10 heteroatoms. The van der Waals surface area contributed by atoms with Gasteiger partial charge in [-0.3, -0.25) is 14.7 Å². The van der Waals surface area contributed by atoms with Gasteiger partial charge in [-0.25, -0.2) is 4.98 Å². The maximum atomic E-state index is 10.6. The minimum Gasteiger partial charge on any atom is -0.367 e. The third-order valence-corrected chi connectivity index (χ3v) is 6.43. The van der Waals surface area contributed by atoms with Crippen molar-refractivity contribution in [1.82, 2.24) is 25.1 Å². The van der Waals surface area contributed by atoms with Crippen LogP contribution in [0.15, 0.2) is 36.5 Å². The van der Waals surface area contributed by atoms with E-state index in [1.807, 2.05) is 18.2 Å². The Balaban J connectivity index is 1.36. The maximum absolute atomic E-state index is 10.6. The Morgan fingerprint density at radius 3 is 2.64 bits per heavy atom. The summed E-state index contributed by atoms with van der Waals surface area (Å²) in [7, 11) is 0. The lowest BCUT2D eigenvalue weighted by Gasteiger charge is -2.39. The van der Waals surface area contributed by atoms with Gasteiger partial charge in [-0.05, 0) is 49.9 Å². The van der Waals surface area contributed by atoms with Gasteiger partial charge in [-0.1, -0.05) is 0 Å². The van der Waals surface area contributed by atoms with Crippen molar-refractivity contribution >= 4 is 40.6 Å². The smallest absolute Gasteiger partial charge is 0.212 e. The van der Waals surface area contributed by atoms with E-state index in [-0.39, 0.29) is 0 Å². The number of carbonyl (C=O) groups is 1. The summed E-state index contributed by atoms with van der Waals surface area (Å²) < 4.78 is 0. The second-order valence-corrected chi connectivity index (χ2v) is 8.46. The number of hydrogen-bond acceptors (Lipinski definition) is 9. The number of nitrogens with one attached hydrogen (secondary N) is 3. The van der Waals surface area contributed by atoms with E-state index in [4.69, 9.17) is 10.2 Å². The van der Waals surface area contributed by atoms with Crippen LogP contribution < -0.4 is 16.0 Å². The predicted molar refractivity (Wildman–Crippen MR) is 125 cm³/mol. The Morgan fingerprint density at radius 1 is 1.12 bits per heavy atom. The Bertz CT molecular complexity index is 1160. The maximum Gasteiger partial charge on any atom is 0.212 e. The first-order valence-electron chi connectivity index (χ1n) is 11.2. The zero-order valence-electron chi connectivity index (χ0n) is 18.1. The fourth-order valence-electron chi connectivity index (χ4n) is 5.05. The molecule has 0 spiro atoms. The lowest BCUT2D eigenvalue weighted by molar-refractivity contribution is -0.105. The number of aromatic nitrogens is 4. The summed E-state index contributed by atoms with van der Waals surface area (Å²) in [5.41, 5.74) is 0.833. The molecule has 2 unspecified atom stereocenters. The van der Waals surface area contributed by atoms with Crippen molar-refractivity contribution in [2.45, 2.75) is 50.2 Å². The summed E-state index contributed by atoms with van der Waals surface area (Å²) in [6.45, 7) is 0.866. The van der Waals surface area contributed by atoms with Crippen molar-refractivity contribution in [2.75, 3.05) is 22.5 Å². The molecule has 3 aromatic rings. The minimum atomic E-state index is 0.320. The number of amides is 1. The van der Waals surface area contributed by atoms with Crippen molar-refractivity contribution in [1.29, 1.82) is 5.26 Å². The Kier molecular flexibility index (Phi) is 5.95. The van der Waals surface area contributed by atoms with Crippen LogP contribution in [0.4, 0.5) is 23.3 Å². The lowest BCUT2D eigenvalue weighted by atomic mass is 9.97. The molecule has 0 radical (unpaired) electrons. The van der Waals surface area contributed by atoms with Crippen LogP contribution in [0.5, 0.6) is 0 Å². The number of piperidine rings is 1. The Morgan fingerprint density at radius 2 is 1.91 bits per heavy atom. The first kappa shape index (κ1) is 21.0. The zero-order chi connectivity index (χ0) is 22.6. The Hall–Kier alpha value is -3.84. The van der Waals surface area contributed by atoms with E-state index in [1.54, 1.807) is 18.3 Å². The summed E-state index contributed by atoms with van der Waals surface area (Å²) in [5, 5.41) is 27.3. The van der Waals surface area contributed by atoms with Gasteiger partial charge in [0.2, 0.25) is 6.41 Å². The monoisotopic (exact) mass is 443 g/mol. The molecule has 0 aliphatic carbocycles. The third-order valence-electron chi connectivity index (χ3n) is 6.43. The van der Waals surface area contributed by atoms with Gasteiger partial charge in [-0.15, -0.1) is 10.2 Å². The molecule has 2 atom stereocenters. The van der Waals surface area contributed by atoms with Crippen molar-refractivity contribution in [3.63, 3.8) is 0 Å². The third kappa shape index (κ3) is 4.54. The lowest BCUT2D eigenvalue weighted by Crippen LogP contribution is -2.47. The highest BCUT2D eigenvalue weighted by atomic mass is 16.1. The van der Waals surface area contributed by atoms with Crippen molar-refractivity contribution in [2.24, 2.45) is 0 Å². The molecule has 168 valence electrons. The van der Waals surface area contributed by atoms with Crippen LogP contribution >= 0.6 is 0 Å². The highest BCUT2D eigenvalue weighted by Crippen LogP contribution is 2.37. The number of carbonyl (C=O) groups excluding carboxylic acids is 1. The number of pyridine rings is 2. The molecule has 1 amide bonds. The molecule has 33 heavy (non-hydrogen) atoms. The van der Waals surface area contributed by atoms with Crippen LogP contribution in [0.3, 0.4) is 0 Å². The largest absolute Gasteiger partial charge is 0.367 e. The Labute approximate surface area is 191 Å². The van der Waals surface area contributed by atoms with Crippen LogP contribution in [-0.2, 0) is 4.79 Å². The van der Waals surface area contributed by atoms with Gasteiger partial charge >= 0.3 is 0 Å². The second kappa shape index (κ2) is 9.34. The summed E-state index contributed by atoms with van der Waals surface area (Å²) in [4.78, 5) is 22.4. The highest BCUT2D eigenvalue weighted by molar-refractivity contribution is 5.91. The van der Waals surface area contributed by atoms with Gasteiger partial charge in [-0.2, -0.15) is 5.26 Å². The molecule has 0 aromatic carbocycles. The normalized spacial score (nSPS) is 22.0. The molecule has 3 aromatic heterocycles. The van der Waals surface area contributed by atoms with Gasteiger partial charge in [0, 0.05) is 48.7 Å². The highest BCUT2D eigenvalue weighted by Gasteiger charge is 2.40. The molecule has 2 aliphatic heterocycles. The minimum absolute atomic E-state index is 0.320. The molecule has 5 rings (SSSR count). The molecule has 2 fully saturated rings. The van der Waals surface area contributed by atoms with E-state index in [0.717, 1.165) is 36.1 Å². The van der Waals surface area contributed by atoms with E-state index in [2.05, 4.69) is 42.1 Å². The van der Waals surface area contributed by atoms with Gasteiger partial charge in [0.25, 0.3) is 0 Å². The number of nitrogens with zero attached hydrogens (tertiary/aromatic N) is 6. The number of anilines is 4. The van der Waals surface area contributed by atoms with E-state index in [0.29, 0.717) is 48.4 Å². The zero-order valence-corrected chi connectivity index (χ0v) is 18.1. The quantitative estimate of drug-likeness (QED) is 0.449. The van der Waals surface area contributed by atoms with E-state index < -0.39 is 0 Å². The summed E-state index contributed by atoms with van der Waals surface area (Å²) >= 11 is 0. The number of hydrogen-bond donors (Lipinski definition) is 3. The average molecular weight is 444 g/mol. The van der Waals surface area contributed by atoms with Gasteiger partial charge in [0.15, 0.2) is 11.6 Å². The number of nitriles is 1. The first-order chi connectivity index (χ1) is 16.2. The van der Waals surface area contributed by atoms with Gasteiger partial charge in [0.05, 0.1) is 11.6 Å². The summed E-state index contributed by atoms with van der Waals surface area (Å²) in [5.74, 6) is 2.31. The molecule has 2 bridgehead atoms. The van der Waals surface area contributed by atoms with Crippen molar-refractivity contribution < 1.29 is 4.79 Å². The molecule has 10 nitrogen and oxygen atoms in total. The van der Waals surface area contributed by atoms with Crippen LogP contribution in [0.1, 0.15) is 32.1 Å². The van der Waals surface area contributed by atoms with E-state index >= 15 is 0 Å². The van der Waals surface area contributed by atoms with Crippen LogP contribution in [0.25, 0.3) is 10.9 Å². The fourth-order valence-corrected chi connectivity index (χ4v) is 5.05. The standard InChI is InChI=1S/C23H25N9O/c24-8-2-10-32-16-4-5-17(32)12-15(11-16)27-23-18-3-1-9-25-19(18)13-22(29-23)28-21-7-6-20(26-14-33)30-31-21/h1,3,6-7,9,13-17H,2,4-5,10-12H2,(H,26,30,33)(H2,27,28,29,31). The van der Waals surface area contributed by atoms with E-state index in [1.165, 1.54) is 12.8 Å². The topological polar surface area (TPSA) is 132 Å². The van der Waals surface area contributed by atoms with Gasteiger partial charge in [0.1, 0.15) is 11.6 Å². The molecular weight excluding hydrogens is 418 g/mol. The molecule has 2 aliphatic rings. The second-order valence-electron chi connectivity index (χ2n) is 8.46. The first-order valence-corrected chi connectivity index (χ1v) is 11.2. The molecule has 2 saturated heterocycles. The summed E-state index contributed by atoms with van der Waals surface area (Å²) in [6, 6.07) is 12.9. The molecule has 3 N–H and O–H groups in total. The molecule has 5 heterocycles. The van der Waals surface area contributed by atoms with Crippen molar-refractivity contribution in [3.8, 4) is 6.07 Å². The fraction of sp³-hybridized carbons (Fsp3) is 0.391. The van der Waals surface area contributed by atoms with Gasteiger partial charge < -0.3 is 16.0 Å². The van der Waals surface area contributed by atoms with Crippen molar-refractivity contribution in [3.05, 3.63) is 36.5 Å². The molecular formula is C23H25N9O. The number of fused-ring (bicyclic) bond motifs is 3. The van der Waals surface area contributed by atoms with Crippen LogP contribution in [0, 0.1) is 11.3 Å².